The molecule has 0 aromatic heterocycles. The van der Waals surface area contributed by atoms with Crippen molar-refractivity contribution < 1.29 is 0 Å². The number of nitrogens with one attached hydrogen (secondary N) is 1. The summed E-state index contributed by atoms with van der Waals surface area (Å²) in [6, 6.07) is 12.8. The first kappa shape index (κ1) is 14.1. The molecule has 2 nitrogen and oxygen atoms in total. The van der Waals surface area contributed by atoms with Gasteiger partial charge < -0.3 is 5.32 Å². The van der Waals surface area contributed by atoms with E-state index in [4.69, 9.17) is 5.26 Å². The van der Waals surface area contributed by atoms with Crippen LogP contribution >= 0.6 is 11.8 Å². The van der Waals surface area contributed by atoms with Crippen molar-refractivity contribution in [2.24, 2.45) is 0 Å². The Kier molecular flexibility index (Phi) is 5.54. The van der Waals surface area contributed by atoms with E-state index in [0.29, 0.717) is 5.25 Å². The first-order chi connectivity index (χ1) is 8.09. The zero-order valence-corrected chi connectivity index (χ0v) is 11.6. The Morgan fingerprint density at radius 1 is 1.41 bits per heavy atom. The molecule has 0 heterocycles. The molecule has 0 spiro atoms. The Morgan fingerprint density at radius 3 is 2.59 bits per heavy atom. The number of hydrogen-bond acceptors (Lipinski definition) is 3. The van der Waals surface area contributed by atoms with E-state index in [1.807, 2.05) is 31.8 Å². The average molecular weight is 248 g/mol. The fourth-order valence-corrected chi connectivity index (χ4v) is 2.77. The minimum atomic E-state index is -0.414. The van der Waals surface area contributed by atoms with Crippen molar-refractivity contribution >= 4 is 11.8 Å². The number of rotatable bonds is 6. The monoisotopic (exact) mass is 248 g/mol. The summed E-state index contributed by atoms with van der Waals surface area (Å²) >= 11 is 1.90. The van der Waals surface area contributed by atoms with Crippen LogP contribution in [0.5, 0.6) is 0 Å². The number of benzene rings is 1. The van der Waals surface area contributed by atoms with Crippen LogP contribution in [0.1, 0.15) is 25.8 Å². The molecule has 1 rings (SSSR count). The van der Waals surface area contributed by atoms with Crippen LogP contribution in [0.4, 0.5) is 0 Å². The maximum Gasteiger partial charge on any atom is 0.104 e. The second kappa shape index (κ2) is 6.68. The average Bonchev–Trinajstić information content (AvgIpc) is 2.37. The van der Waals surface area contributed by atoms with Gasteiger partial charge >= 0.3 is 0 Å². The summed E-state index contributed by atoms with van der Waals surface area (Å²) in [4.78, 5) is 0. The van der Waals surface area contributed by atoms with Gasteiger partial charge in [0.2, 0.25) is 0 Å². The molecule has 17 heavy (non-hydrogen) atoms. The molecule has 3 heteroatoms. The highest BCUT2D eigenvalue weighted by Gasteiger charge is 2.24. The largest absolute Gasteiger partial charge is 0.303 e. The molecule has 0 aliphatic heterocycles. The van der Waals surface area contributed by atoms with Crippen molar-refractivity contribution in [2.75, 3.05) is 7.05 Å². The lowest BCUT2D eigenvalue weighted by Crippen LogP contribution is -2.40. The molecule has 0 saturated carbocycles. The molecule has 0 saturated heterocycles. The maximum atomic E-state index is 9.10. The highest BCUT2D eigenvalue weighted by Crippen LogP contribution is 2.24. The highest BCUT2D eigenvalue weighted by molar-refractivity contribution is 7.99. The molecule has 0 radical (unpaired) electrons. The molecule has 2 unspecified atom stereocenters. The van der Waals surface area contributed by atoms with Crippen LogP contribution in [0.3, 0.4) is 0 Å². The lowest BCUT2D eigenvalue weighted by molar-refractivity contribution is 0.455. The van der Waals surface area contributed by atoms with Gasteiger partial charge in [-0.25, -0.2) is 0 Å². The number of thioether (sulfide) groups is 1. The molecule has 1 aromatic carbocycles. The van der Waals surface area contributed by atoms with Crippen LogP contribution in [-0.2, 0) is 5.75 Å². The summed E-state index contributed by atoms with van der Waals surface area (Å²) in [5, 5.41) is 12.6. The molecule has 2 atom stereocenters. The van der Waals surface area contributed by atoms with Crippen LogP contribution in [0.25, 0.3) is 0 Å². The summed E-state index contributed by atoms with van der Waals surface area (Å²) in [5.41, 5.74) is 0.927. The molecular formula is C14H20N2S. The first-order valence-corrected chi connectivity index (χ1v) is 6.90. The molecular weight excluding hydrogens is 228 g/mol. The molecule has 0 aliphatic rings. The minimum Gasteiger partial charge on any atom is -0.303 e. The van der Waals surface area contributed by atoms with E-state index in [-0.39, 0.29) is 0 Å². The first-order valence-electron chi connectivity index (χ1n) is 5.85. The molecule has 0 amide bonds. The zero-order chi connectivity index (χ0) is 12.7. The second-order valence-electron chi connectivity index (χ2n) is 4.51. The lowest BCUT2D eigenvalue weighted by atomic mass is 9.98. The molecule has 0 fully saturated rings. The van der Waals surface area contributed by atoms with Crippen molar-refractivity contribution in [2.45, 2.75) is 36.8 Å². The number of nitrogens with zero attached hydrogens (tertiary/aromatic N) is 1. The van der Waals surface area contributed by atoms with Gasteiger partial charge in [0.05, 0.1) is 6.07 Å². The lowest BCUT2D eigenvalue weighted by Gasteiger charge is -2.24. The van der Waals surface area contributed by atoms with Crippen molar-refractivity contribution in [1.82, 2.24) is 5.32 Å². The highest BCUT2D eigenvalue weighted by atomic mass is 32.2. The predicted molar refractivity (Wildman–Crippen MR) is 74.9 cm³/mol. The van der Waals surface area contributed by atoms with Gasteiger partial charge in [-0.2, -0.15) is 17.0 Å². The van der Waals surface area contributed by atoms with E-state index < -0.39 is 5.54 Å². The zero-order valence-electron chi connectivity index (χ0n) is 10.7. The number of nitriles is 1. The van der Waals surface area contributed by atoms with Crippen molar-refractivity contribution in [3.05, 3.63) is 35.9 Å². The Bertz CT molecular complexity index is 372. The quantitative estimate of drug-likeness (QED) is 0.839. The van der Waals surface area contributed by atoms with Crippen LogP contribution in [0.15, 0.2) is 30.3 Å². The third kappa shape index (κ3) is 4.80. The van der Waals surface area contributed by atoms with Crippen LogP contribution in [0, 0.1) is 11.3 Å². The molecule has 0 aliphatic carbocycles. The van der Waals surface area contributed by atoms with Gasteiger partial charge in [0.15, 0.2) is 0 Å². The normalized spacial score (nSPS) is 15.9. The Balaban J connectivity index is 2.41. The van der Waals surface area contributed by atoms with Gasteiger partial charge in [-0.15, -0.1) is 0 Å². The third-order valence-corrected chi connectivity index (χ3v) is 4.11. The minimum absolute atomic E-state index is 0.414. The van der Waals surface area contributed by atoms with E-state index in [1.54, 1.807) is 0 Å². The van der Waals surface area contributed by atoms with E-state index in [0.717, 1.165) is 12.2 Å². The van der Waals surface area contributed by atoms with Gasteiger partial charge in [0, 0.05) is 11.0 Å². The third-order valence-electron chi connectivity index (χ3n) is 2.87. The standard InChI is InChI=1S/C14H20N2S/c1-12(9-14(2,11-15)16-3)17-10-13-7-5-4-6-8-13/h4-8,12,16H,9-10H2,1-3H3. The van der Waals surface area contributed by atoms with Gasteiger partial charge in [-0.05, 0) is 26.0 Å². The van der Waals surface area contributed by atoms with Crippen molar-refractivity contribution in [3.63, 3.8) is 0 Å². The SMILES string of the molecule is CNC(C)(C#N)CC(C)SCc1ccccc1. The fraction of sp³-hybridized carbons (Fsp3) is 0.500. The second-order valence-corrected chi connectivity index (χ2v) is 5.93. The summed E-state index contributed by atoms with van der Waals surface area (Å²) in [6.07, 6.45) is 0.859. The van der Waals surface area contributed by atoms with E-state index in [9.17, 15) is 0 Å². The Labute approximate surface area is 108 Å². The summed E-state index contributed by atoms with van der Waals surface area (Å²) in [5.74, 6) is 1.01. The van der Waals surface area contributed by atoms with E-state index in [1.165, 1.54) is 5.56 Å². The summed E-state index contributed by atoms with van der Waals surface area (Å²) in [6.45, 7) is 4.13. The maximum absolute atomic E-state index is 9.10. The van der Waals surface area contributed by atoms with Gasteiger partial charge in [0.25, 0.3) is 0 Å². The van der Waals surface area contributed by atoms with Crippen molar-refractivity contribution in [3.8, 4) is 6.07 Å². The summed E-state index contributed by atoms with van der Waals surface area (Å²) in [7, 11) is 1.85. The molecule has 1 aromatic rings. The van der Waals surface area contributed by atoms with Crippen LogP contribution < -0.4 is 5.32 Å². The van der Waals surface area contributed by atoms with E-state index in [2.05, 4.69) is 42.6 Å². The topological polar surface area (TPSA) is 35.8 Å². The smallest absolute Gasteiger partial charge is 0.104 e. The molecule has 1 N–H and O–H groups in total. The Hall–Kier alpha value is -0.980. The predicted octanol–water partition coefficient (Wildman–Crippen LogP) is 3.20. The van der Waals surface area contributed by atoms with Crippen molar-refractivity contribution in [1.29, 1.82) is 5.26 Å². The van der Waals surface area contributed by atoms with Gasteiger partial charge in [-0.3, -0.25) is 0 Å². The summed E-state index contributed by atoms with van der Waals surface area (Å²) < 4.78 is 0. The van der Waals surface area contributed by atoms with Gasteiger partial charge in [-0.1, -0.05) is 37.3 Å². The molecule has 92 valence electrons. The number of hydrogen-bond donors (Lipinski definition) is 1. The Morgan fingerprint density at radius 2 is 2.06 bits per heavy atom. The van der Waals surface area contributed by atoms with E-state index >= 15 is 0 Å². The van der Waals surface area contributed by atoms with Crippen LogP contribution in [-0.4, -0.2) is 17.8 Å². The fourth-order valence-electron chi connectivity index (χ4n) is 1.65. The molecule has 0 bridgehead atoms. The van der Waals surface area contributed by atoms with Gasteiger partial charge in [0.1, 0.15) is 5.54 Å². The van der Waals surface area contributed by atoms with Crippen LogP contribution in [0.2, 0.25) is 0 Å².